The van der Waals surface area contributed by atoms with Crippen LogP contribution in [0.25, 0.3) is 0 Å². The average molecular weight is 265 g/mol. The summed E-state index contributed by atoms with van der Waals surface area (Å²) < 4.78 is 0. The second-order valence-electron chi connectivity index (χ2n) is 4.58. The number of hydrogen-bond donors (Lipinski definition) is 0. The fraction of sp³-hybridized carbons (Fsp3) is 0.118. The van der Waals surface area contributed by atoms with E-state index >= 15 is 0 Å². The molecular weight excluding hydrogens is 250 g/mol. The molecule has 3 nitrogen and oxygen atoms in total. The second kappa shape index (κ2) is 5.72. The molecule has 20 heavy (non-hydrogen) atoms. The molecule has 3 rings (SSSR count). The molecule has 0 N–H and O–H groups in total. The van der Waals surface area contributed by atoms with Gasteiger partial charge in [0.1, 0.15) is 6.04 Å². The summed E-state index contributed by atoms with van der Waals surface area (Å²) >= 11 is 0. The van der Waals surface area contributed by atoms with Gasteiger partial charge in [0.15, 0.2) is 0 Å². The quantitative estimate of drug-likeness (QED) is 0.779. The molecule has 0 spiro atoms. The van der Waals surface area contributed by atoms with Gasteiger partial charge in [-0.3, -0.25) is 9.63 Å². The first kappa shape index (κ1) is 12.6. The topological polar surface area (TPSA) is 29.5 Å². The van der Waals surface area contributed by atoms with Gasteiger partial charge in [0.25, 0.3) is 5.91 Å². The van der Waals surface area contributed by atoms with Crippen molar-refractivity contribution in [1.29, 1.82) is 0 Å². The Morgan fingerprint density at radius 1 is 1.00 bits per heavy atom. The third-order valence-electron chi connectivity index (χ3n) is 3.24. The summed E-state index contributed by atoms with van der Waals surface area (Å²) in [7, 11) is 0. The number of nitrogens with zero attached hydrogens (tertiary/aromatic N) is 1. The molecule has 0 bridgehead atoms. The zero-order chi connectivity index (χ0) is 13.8. The minimum absolute atomic E-state index is 0.121. The molecule has 1 heterocycles. The van der Waals surface area contributed by atoms with Gasteiger partial charge in [-0.05, 0) is 17.7 Å². The number of carbonyl (C=O) groups excluding carboxylic acids is 1. The van der Waals surface area contributed by atoms with Gasteiger partial charge < -0.3 is 0 Å². The molecule has 2 aromatic carbocycles. The van der Waals surface area contributed by atoms with Crippen molar-refractivity contribution in [2.45, 2.75) is 6.04 Å². The molecule has 1 aliphatic heterocycles. The smallest absolute Gasteiger partial charge is 0.267 e. The zero-order valence-corrected chi connectivity index (χ0v) is 11.0. The standard InChI is InChI=1S/C17H15NO2/c19-17(15-10-5-2-6-11-15)18-16(12-7-13-20-18)14-8-3-1-4-9-14/h1-12,16H,13H2/t16-/m1/s1. The Balaban J connectivity index is 1.91. The van der Waals surface area contributed by atoms with Crippen LogP contribution in [-0.4, -0.2) is 17.6 Å². The van der Waals surface area contributed by atoms with Crippen LogP contribution < -0.4 is 0 Å². The maximum atomic E-state index is 12.6. The molecule has 1 aliphatic rings. The number of hydrogen-bond acceptors (Lipinski definition) is 2. The Morgan fingerprint density at radius 3 is 2.35 bits per heavy atom. The second-order valence-corrected chi connectivity index (χ2v) is 4.58. The van der Waals surface area contributed by atoms with Crippen molar-refractivity contribution in [3.8, 4) is 0 Å². The zero-order valence-electron chi connectivity index (χ0n) is 11.0. The molecular formula is C17H15NO2. The van der Waals surface area contributed by atoms with E-state index in [0.29, 0.717) is 12.2 Å². The summed E-state index contributed by atoms with van der Waals surface area (Å²) in [6.07, 6.45) is 3.94. The van der Waals surface area contributed by atoms with Crippen molar-refractivity contribution in [2.24, 2.45) is 0 Å². The Bertz CT molecular complexity index is 607. The van der Waals surface area contributed by atoms with Crippen molar-refractivity contribution in [2.75, 3.05) is 6.61 Å². The first-order chi connectivity index (χ1) is 9.86. The van der Waals surface area contributed by atoms with Crippen molar-refractivity contribution < 1.29 is 9.63 Å². The molecule has 0 aromatic heterocycles. The van der Waals surface area contributed by atoms with Crippen LogP contribution in [0.3, 0.4) is 0 Å². The van der Waals surface area contributed by atoms with E-state index in [2.05, 4.69) is 0 Å². The van der Waals surface area contributed by atoms with E-state index in [1.165, 1.54) is 5.06 Å². The third-order valence-corrected chi connectivity index (χ3v) is 3.24. The van der Waals surface area contributed by atoms with Gasteiger partial charge in [0.2, 0.25) is 0 Å². The van der Waals surface area contributed by atoms with E-state index in [1.54, 1.807) is 12.1 Å². The van der Waals surface area contributed by atoms with Crippen LogP contribution in [0.4, 0.5) is 0 Å². The van der Waals surface area contributed by atoms with Gasteiger partial charge in [0, 0.05) is 5.56 Å². The highest BCUT2D eigenvalue weighted by Gasteiger charge is 2.27. The van der Waals surface area contributed by atoms with Gasteiger partial charge in [-0.15, -0.1) is 0 Å². The minimum atomic E-state index is -0.183. The van der Waals surface area contributed by atoms with Gasteiger partial charge in [-0.1, -0.05) is 60.7 Å². The molecule has 1 atom stereocenters. The number of rotatable bonds is 2. The van der Waals surface area contributed by atoms with Gasteiger partial charge in [-0.2, -0.15) is 0 Å². The largest absolute Gasteiger partial charge is 0.278 e. The number of hydroxylamine groups is 2. The molecule has 100 valence electrons. The molecule has 0 radical (unpaired) electrons. The molecule has 0 saturated heterocycles. The number of benzene rings is 2. The van der Waals surface area contributed by atoms with Crippen LogP contribution in [0.5, 0.6) is 0 Å². The van der Waals surface area contributed by atoms with E-state index in [4.69, 9.17) is 4.84 Å². The van der Waals surface area contributed by atoms with E-state index in [-0.39, 0.29) is 11.9 Å². The first-order valence-electron chi connectivity index (χ1n) is 6.59. The van der Waals surface area contributed by atoms with Crippen molar-refractivity contribution >= 4 is 5.91 Å². The van der Waals surface area contributed by atoms with Crippen LogP contribution in [-0.2, 0) is 4.84 Å². The molecule has 0 aliphatic carbocycles. The summed E-state index contributed by atoms with van der Waals surface area (Å²) in [6.45, 7) is 0.419. The van der Waals surface area contributed by atoms with Crippen LogP contribution in [0.15, 0.2) is 72.8 Å². The molecule has 3 heteroatoms. The third kappa shape index (κ3) is 2.49. The molecule has 0 unspecified atom stereocenters. The summed E-state index contributed by atoms with van der Waals surface area (Å²) in [5.41, 5.74) is 1.66. The fourth-order valence-corrected chi connectivity index (χ4v) is 2.26. The summed E-state index contributed by atoms with van der Waals surface area (Å²) in [5.74, 6) is -0.121. The molecule has 0 fully saturated rings. The van der Waals surface area contributed by atoms with Gasteiger partial charge in [-0.25, -0.2) is 5.06 Å². The highest BCUT2D eigenvalue weighted by Crippen LogP contribution is 2.27. The molecule has 0 saturated carbocycles. The van der Waals surface area contributed by atoms with Crippen LogP contribution in [0, 0.1) is 0 Å². The number of amides is 1. The average Bonchev–Trinajstić information content (AvgIpc) is 2.56. The predicted molar refractivity (Wildman–Crippen MR) is 76.9 cm³/mol. The van der Waals surface area contributed by atoms with Crippen LogP contribution >= 0.6 is 0 Å². The van der Waals surface area contributed by atoms with E-state index < -0.39 is 0 Å². The lowest BCUT2D eigenvalue weighted by Gasteiger charge is -2.31. The maximum Gasteiger partial charge on any atom is 0.278 e. The Kier molecular flexibility index (Phi) is 3.61. The Hall–Kier alpha value is -2.39. The molecule has 2 aromatic rings. The minimum Gasteiger partial charge on any atom is -0.267 e. The van der Waals surface area contributed by atoms with Crippen molar-refractivity contribution in [1.82, 2.24) is 5.06 Å². The van der Waals surface area contributed by atoms with E-state index in [1.807, 2.05) is 60.7 Å². The highest BCUT2D eigenvalue weighted by atomic mass is 16.7. The highest BCUT2D eigenvalue weighted by molar-refractivity contribution is 5.93. The van der Waals surface area contributed by atoms with Gasteiger partial charge >= 0.3 is 0 Å². The summed E-state index contributed by atoms with van der Waals surface area (Å²) in [5, 5.41) is 1.45. The van der Waals surface area contributed by atoms with Crippen LogP contribution in [0.1, 0.15) is 22.0 Å². The lowest BCUT2D eigenvalue weighted by Crippen LogP contribution is -2.36. The molecule has 1 amide bonds. The predicted octanol–water partition coefficient (Wildman–Crippen LogP) is 3.37. The van der Waals surface area contributed by atoms with Crippen molar-refractivity contribution in [3.05, 3.63) is 83.9 Å². The monoisotopic (exact) mass is 265 g/mol. The normalized spacial score (nSPS) is 18.0. The lowest BCUT2D eigenvalue weighted by atomic mass is 10.0. The summed E-state index contributed by atoms with van der Waals surface area (Å²) in [6, 6.07) is 18.9. The Labute approximate surface area is 118 Å². The summed E-state index contributed by atoms with van der Waals surface area (Å²) in [4.78, 5) is 18.1. The van der Waals surface area contributed by atoms with E-state index in [9.17, 15) is 4.79 Å². The van der Waals surface area contributed by atoms with Crippen molar-refractivity contribution in [3.63, 3.8) is 0 Å². The fourth-order valence-electron chi connectivity index (χ4n) is 2.26. The SMILES string of the molecule is O=C(c1ccccc1)N1OCC=C[C@@H]1c1ccccc1. The Morgan fingerprint density at radius 2 is 1.65 bits per heavy atom. The lowest BCUT2D eigenvalue weighted by molar-refractivity contribution is -0.137. The van der Waals surface area contributed by atoms with Crippen LogP contribution in [0.2, 0.25) is 0 Å². The maximum absolute atomic E-state index is 12.6. The van der Waals surface area contributed by atoms with E-state index in [0.717, 1.165) is 5.56 Å². The van der Waals surface area contributed by atoms with Gasteiger partial charge in [0.05, 0.1) is 6.61 Å². The first-order valence-corrected chi connectivity index (χ1v) is 6.59. The number of carbonyl (C=O) groups is 1.